The van der Waals surface area contributed by atoms with Crippen LogP contribution in [-0.2, 0) is 17.8 Å². The molecule has 100 valence electrons. The molecule has 2 unspecified atom stereocenters. The van der Waals surface area contributed by atoms with Crippen LogP contribution in [0.3, 0.4) is 0 Å². The molecule has 5 nitrogen and oxygen atoms in total. The first-order chi connectivity index (χ1) is 8.76. The van der Waals surface area contributed by atoms with Gasteiger partial charge in [-0.15, -0.1) is 0 Å². The van der Waals surface area contributed by atoms with Gasteiger partial charge in [0.1, 0.15) is 17.9 Å². The van der Waals surface area contributed by atoms with Crippen molar-refractivity contribution in [1.82, 2.24) is 14.8 Å². The molecule has 5 heteroatoms. The summed E-state index contributed by atoms with van der Waals surface area (Å²) < 4.78 is 1.84. The first-order valence-electron chi connectivity index (χ1n) is 6.85. The molecule has 1 aromatic rings. The van der Waals surface area contributed by atoms with Gasteiger partial charge in [0.05, 0.1) is 6.42 Å². The molecule has 1 aliphatic rings. The summed E-state index contributed by atoms with van der Waals surface area (Å²) in [5.41, 5.74) is 5.73. The summed E-state index contributed by atoms with van der Waals surface area (Å²) in [5.74, 6) is 1.60. The average molecular weight is 250 g/mol. The van der Waals surface area contributed by atoms with Crippen molar-refractivity contribution >= 4 is 5.78 Å². The molecule has 0 saturated heterocycles. The Morgan fingerprint density at radius 3 is 3.11 bits per heavy atom. The molecule has 0 aromatic carbocycles. The quantitative estimate of drug-likeness (QED) is 0.822. The van der Waals surface area contributed by atoms with Crippen molar-refractivity contribution in [3.05, 3.63) is 12.2 Å². The lowest BCUT2D eigenvalue weighted by molar-refractivity contribution is -0.123. The molecular formula is C13H22N4O. The largest absolute Gasteiger partial charge is 0.330 e. The molecule has 0 aliphatic heterocycles. The fraction of sp³-hybridized carbons (Fsp3) is 0.769. The highest BCUT2D eigenvalue weighted by Gasteiger charge is 2.32. The highest BCUT2D eigenvalue weighted by molar-refractivity contribution is 5.83. The predicted molar refractivity (Wildman–Crippen MR) is 68.9 cm³/mol. The van der Waals surface area contributed by atoms with Crippen LogP contribution in [0.1, 0.15) is 38.4 Å². The van der Waals surface area contributed by atoms with E-state index >= 15 is 0 Å². The number of ketones is 1. The molecule has 2 rings (SSSR count). The van der Waals surface area contributed by atoms with Crippen molar-refractivity contribution in [2.24, 2.45) is 17.6 Å². The number of nitrogens with two attached hydrogens (primary N) is 1. The van der Waals surface area contributed by atoms with Gasteiger partial charge in [-0.2, -0.15) is 5.10 Å². The van der Waals surface area contributed by atoms with Crippen molar-refractivity contribution in [2.45, 2.75) is 45.6 Å². The van der Waals surface area contributed by atoms with Gasteiger partial charge in [-0.25, -0.2) is 9.67 Å². The number of aromatic nitrogens is 3. The lowest BCUT2D eigenvalue weighted by Crippen LogP contribution is -2.27. The van der Waals surface area contributed by atoms with E-state index in [4.69, 9.17) is 5.73 Å². The minimum Gasteiger partial charge on any atom is -0.330 e. The number of carbonyl (C=O) groups is 1. The zero-order valence-corrected chi connectivity index (χ0v) is 11.0. The monoisotopic (exact) mass is 250 g/mol. The first-order valence-corrected chi connectivity index (χ1v) is 6.85. The number of rotatable bonds is 6. The SMILES string of the molecule is CCCn1ncnc1CC(=O)C1CCCC1CN. The van der Waals surface area contributed by atoms with Crippen LogP contribution in [0.15, 0.2) is 6.33 Å². The van der Waals surface area contributed by atoms with Gasteiger partial charge < -0.3 is 5.73 Å². The molecule has 1 heterocycles. The summed E-state index contributed by atoms with van der Waals surface area (Å²) in [5, 5.41) is 4.15. The van der Waals surface area contributed by atoms with Crippen molar-refractivity contribution in [3.8, 4) is 0 Å². The zero-order valence-electron chi connectivity index (χ0n) is 11.0. The van der Waals surface area contributed by atoms with Gasteiger partial charge >= 0.3 is 0 Å². The molecule has 0 radical (unpaired) electrons. The Hall–Kier alpha value is -1.23. The molecule has 0 spiro atoms. The van der Waals surface area contributed by atoms with Crippen LogP contribution in [0.2, 0.25) is 0 Å². The van der Waals surface area contributed by atoms with Crippen molar-refractivity contribution < 1.29 is 4.79 Å². The third-order valence-electron chi connectivity index (χ3n) is 3.84. The van der Waals surface area contributed by atoms with Gasteiger partial charge in [0.2, 0.25) is 0 Å². The number of hydrogen-bond donors (Lipinski definition) is 1. The molecular weight excluding hydrogens is 228 g/mol. The topological polar surface area (TPSA) is 73.8 Å². The molecule has 1 saturated carbocycles. The van der Waals surface area contributed by atoms with Crippen LogP contribution >= 0.6 is 0 Å². The van der Waals surface area contributed by atoms with Crippen LogP contribution in [-0.4, -0.2) is 27.1 Å². The maximum absolute atomic E-state index is 12.3. The summed E-state index contributed by atoms with van der Waals surface area (Å²) in [6.45, 7) is 3.54. The molecule has 1 fully saturated rings. The minimum atomic E-state index is 0.141. The van der Waals surface area contributed by atoms with E-state index in [-0.39, 0.29) is 11.7 Å². The Morgan fingerprint density at radius 2 is 2.39 bits per heavy atom. The van der Waals surface area contributed by atoms with Crippen LogP contribution in [0.4, 0.5) is 0 Å². The molecule has 1 aliphatic carbocycles. The molecule has 0 bridgehead atoms. The third kappa shape index (κ3) is 2.77. The molecule has 1 aromatic heterocycles. The fourth-order valence-electron chi connectivity index (χ4n) is 2.85. The summed E-state index contributed by atoms with van der Waals surface area (Å²) in [6, 6.07) is 0. The lowest BCUT2D eigenvalue weighted by atomic mass is 9.90. The Labute approximate surface area is 108 Å². The van der Waals surface area contributed by atoms with E-state index in [1.165, 1.54) is 6.33 Å². The van der Waals surface area contributed by atoms with Gasteiger partial charge in [0, 0.05) is 12.5 Å². The smallest absolute Gasteiger partial charge is 0.143 e. The van der Waals surface area contributed by atoms with Gasteiger partial charge in [0.25, 0.3) is 0 Å². The number of hydrogen-bond acceptors (Lipinski definition) is 4. The Bertz CT molecular complexity index is 401. The van der Waals surface area contributed by atoms with E-state index in [0.717, 1.165) is 38.1 Å². The molecule has 2 N–H and O–H groups in total. The van der Waals surface area contributed by atoms with E-state index in [1.807, 2.05) is 4.68 Å². The number of nitrogens with zero attached hydrogens (tertiary/aromatic N) is 3. The van der Waals surface area contributed by atoms with Crippen molar-refractivity contribution in [1.29, 1.82) is 0 Å². The Morgan fingerprint density at radius 1 is 1.56 bits per heavy atom. The number of aryl methyl sites for hydroxylation is 1. The number of Topliss-reactive ketones (excluding diaryl/α,β-unsaturated/α-hetero) is 1. The maximum atomic E-state index is 12.3. The van der Waals surface area contributed by atoms with Gasteiger partial charge in [-0.05, 0) is 31.7 Å². The van der Waals surface area contributed by atoms with Crippen molar-refractivity contribution in [2.75, 3.05) is 6.54 Å². The Kier molecular flexibility index (Phi) is 4.47. The highest BCUT2D eigenvalue weighted by Crippen LogP contribution is 2.32. The maximum Gasteiger partial charge on any atom is 0.143 e. The fourth-order valence-corrected chi connectivity index (χ4v) is 2.85. The second kappa shape index (κ2) is 6.09. The standard InChI is InChI=1S/C13H22N4O/c1-2-6-17-13(15-9-16-17)7-12(18)11-5-3-4-10(11)8-14/h9-11H,2-8,14H2,1H3. The van der Waals surface area contributed by atoms with Crippen molar-refractivity contribution in [3.63, 3.8) is 0 Å². The minimum absolute atomic E-state index is 0.141. The lowest BCUT2D eigenvalue weighted by Gasteiger charge is -2.16. The summed E-state index contributed by atoms with van der Waals surface area (Å²) in [4.78, 5) is 16.5. The van der Waals surface area contributed by atoms with E-state index in [2.05, 4.69) is 17.0 Å². The van der Waals surface area contributed by atoms with Crippen LogP contribution < -0.4 is 5.73 Å². The highest BCUT2D eigenvalue weighted by atomic mass is 16.1. The normalized spacial score (nSPS) is 23.4. The van der Waals surface area contributed by atoms with E-state index in [1.54, 1.807) is 0 Å². The number of carbonyl (C=O) groups excluding carboxylic acids is 1. The molecule has 0 amide bonds. The zero-order chi connectivity index (χ0) is 13.0. The van der Waals surface area contributed by atoms with Crippen LogP contribution in [0.25, 0.3) is 0 Å². The summed E-state index contributed by atoms with van der Waals surface area (Å²) >= 11 is 0. The second-order valence-electron chi connectivity index (χ2n) is 5.08. The van der Waals surface area contributed by atoms with E-state index in [9.17, 15) is 4.79 Å². The van der Waals surface area contributed by atoms with Crippen LogP contribution in [0, 0.1) is 11.8 Å². The second-order valence-corrected chi connectivity index (χ2v) is 5.08. The summed E-state index contributed by atoms with van der Waals surface area (Å²) in [6.07, 6.45) is 6.14. The molecule has 2 atom stereocenters. The first kappa shape index (κ1) is 13.2. The van der Waals surface area contributed by atoms with E-state index < -0.39 is 0 Å². The van der Waals surface area contributed by atoms with Gasteiger partial charge in [-0.3, -0.25) is 4.79 Å². The van der Waals surface area contributed by atoms with E-state index in [0.29, 0.717) is 18.9 Å². The predicted octanol–water partition coefficient (Wildman–Crippen LogP) is 1.17. The Balaban J connectivity index is 2.00. The van der Waals surface area contributed by atoms with Crippen LogP contribution in [0.5, 0.6) is 0 Å². The third-order valence-corrected chi connectivity index (χ3v) is 3.84. The molecule has 18 heavy (non-hydrogen) atoms. The summed E-state index contributed by atoms with van der Waals surface area (Å²) in [7, 11) is 0. The van der Waals surface area contributed by atoms with Gasteiger partial charge in [0.15, 0.2) is 0 Å². The van der Waals surface area contributed by atoms with Gasteiger partial charge in [-0.1, -0.05) is 13.3 Å². The average Bonchev–Trinajstić information content (AvgIpc) is 2.98.